The van der Waals surface area contributed by atoms with Crippen molar-refractivity contribution in [3.05, 3.63) is 54.1 Å². The van der Waals surface area contributed by atoms with Crippen LogP contribution in [0.3, 0.4) is 0 Å². The fraction of sp³-hybridized carbons (Fsp3) is 0.294. The predicted molar refractivity (Wildman–Crippen MR) is 82.8 cm³/mol. The summed E-state index contributed by atoms with van der Waals surface area (Å²) in [6, 6.07) is 16.4. The Morgan fingerprint density at radius 3 is 2.60 bits per heavy atom. The van der Waals surface area contributed by atoms with Crippen LogP contribution in [0, 0.1) is 6.92 Å². The fourth-order valence-corrected chi connectivity index (χ4v) is 2.52. The molecule has 0 atom stereocenters. The van der Waals surface area contributed by atoms with Crippen LogP contribution >= 0.6 is 0 Å². The zero-order chi connectivity index (χ0) is 13.8. The van der Waals surface area contributed by atoms with Crippen LogP contribution in [0.2, 0.25) is 0 Å². The van der Waals surface area contributed by atoms with Crippen LogP contribution in [0.4, 0.5) is 5.69 Å². The average Bonchev–Trinajstić information content (AvgIpc) is 2.49. The lowest BCUT2D eigenvalue weighted by Crippen LogP contribution is -2.43. The lowest BCUT2D eigenvalue weighted by molar-refractivity contribution is 0.477. The van der Waals surface area contributed by atoms with E-state index in [0.717, 1.165) is 37.7 Å². The number of hydrogen-bond donors (Lipinski definition) is 1. The molecule has 3 rings (SSSR count). The van der Waals surface area contributed by atoms with Crippen molar-refractivity contribution < 1.29 is 4.74 Å². The average molecular weight is 268 g/mol. The molecule has 0 radical (unpaired) electrons. The Bertz CT molecular complexity index is 577. The topological polar surface area (TPSA) is 24.5 Å². The van der Waals surface area contributed by atoms with Gasteiger partial charge in [0.15, 0.2) is 5.75 Å². The fourth-order valence-electron chi connectivity index (χ4n) is 2.52. The number of ether oxygens (including phenoxy) is 1. The van der Waals surface area contributed by atoms with Crippen LogP contribution < -0.4 is 15.0 Å². The Hall–Kier alpha value is -2.00. The van der Waals surface area contributed by atoms with Crippen LogP contribution in [-0.4, -0.2) is 26.2 Å². The monoisotopic (exact) mass is 268 g/mol. The Morgan fingerprint density at radius 1 is 1.00 bits per heavy atom. The first kappa shape index (κ1) is 13.0. The Morgan fingerprint density at radius 2 is 1.80 bits per heavy atom. The molecule has 0 spiro atoms. The molecule has 1 heterocycles. The third-order valence-electron chi connectivity index (χ3n) is 3.54. The minimum atomic E-state index is 0.896. The first-order valence-corrected chi connectivity index (χ1v) is 7.12. The van der Waals surface area contributed by atoms with Gasteiger partial charge >= 0.3 is 0 Å². The summed E-state index contributed by atoms with van der Waals surface area (Å²) in [4.78, 5) is 2.38. The van der Waals surface area contributed by atoms with Gasteiger partial charge in [0.05, 0.1) is 5.69 Å². The van der Waals surface area contributed by atoms with Crippen LogP contribution in [0.1, 0.15) is 5.56 Å². The lowest BCUT2D eigenvalue weighted by Gasteiger charge is -2.30. The molecule has 0 aromatic heterocycles. The summed E-state index contributed by atoms with van der Waals surface area (Å²) in [6.45, 7) is 6.18. The van der Waals surface area contributed by atoms with Gasteiger partial charge in [-0.25, -0.2) is 0 Å². The lowest BCUT2D eigenvalue weighted by atomic mass is 10.2. The van der Waals surface area contributed by atoms with Crippen molar-refractivity contribution in [2.24, 2.45) is 0 Å². The summed E-state index contributed by atoms with van der Waals surface area (Å²) in [7, 11) is 0. The van der Waals surface area contributed by atoms with E-state index in [-0.39, 0.29) is 0 Å². The summed E-state index contributed by atoms with van der Waals surface area (Å²) >= 11 is 0. The zero-order valence-electron chi connectivity index (χ0n) is 11.8. The standard InChI is InChI=1S/C17H20N2O/c1-14-5-4-6-15(13-14)20-17-8-3-2-7-16(17)19-11-9-18-10-12-19/h2-8,13,18H,9-12H2,1H3. The molecule has 2 aromatic carbocycles. The molecule has 104 valence electrons. The SMILES string of the molecule is Cc1cccc(Oc2ccccc2N2CCNCC2)c1. The maximum Gasteiger partial charge on any atom is 0.150 e. The van der Waals surface area contributed by atoms with E-state index < -0.39 is 0 Å². The number of nitrogens with zero attached hydrogens (tertiary/aromatic N) is 1. The smallest absolute Gasteiger partial charge is 0.150 e. The van der Waals surface area contributed by atoms with Gasteiger partial charge in [0.1, 0.15) is 5.75 Å². The summed E-state index contributed by atoms with van der Waals surface area (Å²) in [5, 5.41) is 3.38. The molecule has 20 heavy (non-hydrogen) atoms. The maximum atomic E-state index is 6.08. The largest absolute Gasteiger partial charge is 0.455 e. The second-order valence-corrected chi connectivity index (χ2v) is 5.12. The van der Waals surface area contributed by atoms with E-state index in [0.29, 0.717) is 0 Å². The van der Waals surface area contributed by atoms with Gasteiger partial charge in [0.2, 0.25) is 0 Å². The van der Waals surface area contributed by atoms with E-state index >= 15 is 0 Å². The quantitative estimate of drug-likeness (QED) is 0.925. The van der Waals surface area contributed by atoms with Gasteiger partial charge in [-0.2, -0.15) is 0 Å². The number of aryl methyl sites for hydroxylation is 1. The van der Waals surface area contributed by atoms with Crippen molar-refractivity contribution in [1.82, 2.24) is 5.32 Å². The molecule has 0 aliphatic carbocycles. The van der Waals surface area contributed by atoms with E-state index in [9.17, 15) is 0 Å². The van der Waals surface area contributed by atoms with Crippen LogP contribution in [0.15, 0.2) is 48.5 Å². The highest BCUT2D eigenvalue weighted by atomic mass is 16.5. The molecule has 0 saturated carbocycles. The number of hydrogen-bond acceptors (Lipinski definition) is 3. The van der Waals surface area contributed by atoms with E-state index in [1.54, 1.807) is 0 Å². The summed E-state index contributed by atoms with van der Waals surface area (Å²) < 4.78 is 6.08. The summed E-state index contributed by atoms with van der Waals surface area (Å²) in [5.41, 5.74) is 2.39. The predicted octanol–water partition coefficient (Wildman–Crippen LogP) is 3.20. The molecule has 2 aromatic rings. The van der Waals surface area contributed by atoms with Gasteiger partial charge in [0.25, 0.3) is 0 Å². The van der Waals surface area contributed by atoms with Gasteiger partial charge in [-0.3, -0.25) is 0 Å². The molecule has 1 saturated heterocycles. The molecule has 1 N–H and O–H groups in total. The van der Waals surface area contributed by atoms with Crippen molar-refractivity contribution in [2.75, 3.05) is 31.1 Å². The number of nitrogens with one attached hydrogen (secondary N) is 1. The molecule has 0 bridgehead atoms. The summed E-state index contributed by atoms with van der Waals surface area (Å²) in [6.07, 6.45) is 0. The first-order chi connectivity index (χ1) is 9.83. The minimum absolute atomic E-state index is 0.896. The highest BCUT2D eigenvalue weighted by Gasteiger charge is 2.14. The molecule has 3 nitrogen and oxygen atoms in total. The van der Waals surface area contributed by atoms with E-state index in [2.05, 4.69) is 41.4 Å². The second kappa shape index (κ2) is 5.97. The number of benzene rings is 2. The molecule has 1 fully saturated rings. The highest BCUT2D eigenvalue weighted by Crippen LogP contribution is 2.32. The minimum Gasteiger partial charge on any atom is -0.455 e. The normalized spacial score (nSPS) is 15.2. The van der Waals surface area contributed by atoms with Crippen molar-refractivity contribution >= 4 is 5.69 Å². The van der Waals surface area contributed by atoms with Gasteiger partial charge < -0.3 is 15.0 Å². The second-order valence-electron chi connectivity index (χ2n) is 5.12. The Labute approximate surface area is 120 Å². The Balaban J connectivity index is 1.85. The molecule has 1 aliphatic heterocycles. The summed E-state index contributed by atoms with van der Waals surface area (Å²) in [5.74, 6) is 1.83. The molecule has 3 heteroatoms. The third-order valence-corrected chi connectivity index (χ3v) is 3.54. The third kappa shape index (κ3) is 2.94. The van der Waals surface area contributed by atoms with E-state index in [1.807, 2.05) is 24.3 Å². The highest BCUT2D eigenvalue weighted by molar-refractivity contribution is 5.60. The molecule has 0 unspecified atom stereocenters. The Kier molecular flexibility index (Phi) is 3.88. The molecule has 1 aliphatic rings. The van der Waals surface area contributed by atoms with Crippen molar-refractivity contribution in [2.45, 2.75) is 6.92 Å². The molecular weight excluding hydrogens is 248 g/mol. The number of para-hydroxylation sites is 2. The van der Waals surface area contributed by atoms with Crippen molar-refractivity contribution in [1.29, 1.82) is 0 Å². The number of anilines is 1. The number of rotatable bonds is 3. The van der Waals surface area contributed by atoms with Gasteiger partial charge in [0, 0.05) is 26.2 Å². The van der Waals surface area contributed by atoms with Crippen molar-refractivity contribution in [3.63, 3.8) is 0 Å². The first-order valence-electron chi connectivity index (χ1n) is 7.12. The van der Waals surface area contributed by atoms with E-state index in [4.69, 9.17) is 4.74 Å². The molecular formula is C17H20N2O. The van der Waals surface area contributed by atoms with Gasteiger partial charge in [-0.1, -0.05) is 24.3 Å². The van der Waals surface area contributed by atoms with E-state index in [1.165, 1.54) is 11.3 Å². The van der Waals surface area contributed by atoms with Crippen LogP contribution in [-0.2, 0) is 0 Å². The zero-order valence-corrected chi connectivity index (χ0v) is 11.8. The van der Waals surface area contributed by atoms with Gasteiger partial charge in [-0.05, 0) is 36.8 Å². The van der Waals surface area contributed by atoms with Crippen LogP contribution in [0.25, 0.3) is 0 Å². The number of piperazine rings is 1. The molecule has 0 amide bonds. The maximum absolute atomic E-state index is 6.08. The van der Waals surface area contributed by atoms with Crippen molar-refractivity contribution in [3.8, 4) is 11.5 Å². The van der Waals surface area contributed by atoms with Crippen LogP contribution in [0.5, 0.6) is 11.5 Å². The van der Waals surface area contributed by atoms with Gasteiger partial charge in [-0.15, -0.1) is 0 Å².